The molecule has 2 N–H and O–H groups in total. The Balaban J connectivity index is 2.15. The van der Waals surface area contributed by atoms with Gasteiger partial charge in [0, 0.05) is 6.54 Å². The van der Waals surface area contributed by atoms with E-state index in [1.807, 2.05) is 43.9 Å². The molecule has 0 fully saturated rings. The number of rotatable bonds is 7. The normalized spacial score (nSPS) is 17.9. The number of para-hydroxylation sites is 2. The highest BCUT2D eigenvalue weighted by Gasteiger charge is 2.34. The second kappa shape index (κ2) is 8.76. The number of nitrogens with zero attached hydrogens (tertiary/aromatic N) is 2. The zero-order chi connectivity index (χ0) is 20.0. The highest BCUT2D eigenvalue weighted by molar-refractivity contribution is 5.86. The van der Waals surface area contributed by atoms with E-state index < -0.39 is 11.6 Å². The minimum absolute atomic E-state index is 0.0315. The van der Waals surface area contributed by atoms with Gasteiger partial charge in [-0.1, -0.05) is 32.9 Å². The van der Waals surface area contributed by atoms with E-state index in [2.05, 4.69) is 16.7 Å². The van der Waals surface area contributed by atoms with Gasteiger partial charge in [0.15, 0.2) is 6.10 Å². The van der Waals surface area contributed by atoms with E-state index in [1.54, 1.807) is 13.0 Å². The Bertz CT molecular complexity index is 728. The van der Waals surface area contributed by atoms with Crippen LogP contribution in [0.1, 0.15) is 34.1 Å². The maximum absolute atomic E-state index is 12.6. The lowest BCUT2D eigenvalue weighted by atomic mass is 9.90. The molecule has 0 bridgehead atoms. The first kappa shape index (κ1) is 20.6. The number of fused-ring (bicyclic) bond motifs is 1. The number of hydrogen-bond donors (Lipinski definition) is 2. The van der Waals surface area contributed by atoms with Crippen molar-refractivity contribution in [1.82, 2.24) is 10.6 Å². The summed E-state index contributed by atoms with van der Waals surface area (Å²) in [6, 6.07) is 9.50. The largest absolute Gasteiger partial charge is 0.477 e. The summed E-state index contributed by atoms with van der Waals surface area (Å²) in [5.41, 5.74) is -0.184. The number of ether oxygens (including phenoxy) is 1. The highest BCUT2D eigenvalue weighted by atomic mass is 16.5. The van der Waals surface area contributed by atoms with Crippen LogP contribution in [0.2, 0.25) is 0 Å². The van der Waals surface area contributed by atoms with E-state index in [0.29, 0.717) is 12.3 Å². The monoisotopic (exact) mass is 372 g/mol. The molecular formula is C20H28N4O3. The fourth-order valence-electron chi connectivity index (χ4n) is 2.76. The van der Waals surface area contributed by atoms with Crippen LogP contribution < -0.4 is 20.3 Å². The summed E-state index contributed by atoms with van der Waals surface area (Å²) in [7, 11) is 0. The van der Waals surface area contributed by atoms with E-state index in [4.69, 9.17) is 4.74 Å². The van der Waals surface area contributed by atoms with Gasteiger partial charge >= 0.3 is 0 Å². The van der Waals surface area contributed by atoms with Crippen LogP contribution in [-0.2, 0) is 9.59 Å². The molecule has 2 rings (SSSR count). The molecule has 0 saturated carbocycles. The molecule has 146 valence electrons. The molecule has 0 aromatic heterocycles. The predicted octanol–water partition coefficient (Wildman–Crippen LogP) is 1.83. The number of nitrogens with one attached hydrogen (secondary N) is 2. The van der Waals surface area contributed by atoms with Crippen LogP contribution in [0.25, 0.3) is 0 Å². The summed E-state index contributed by atoms with van der Waals surface area (Å²) in [6.45, 7) is 8.37. The molecule has 0 unspecified atom stereocenters. The van der Waals surface area contributed by atoms with Crippen molar-refractivity contribution in [3.63, 3.8) is 0 Å². The minimum atomic E-state index is -0.944. The average Bonchev–Trinajstić information content (AvgIpc) is 2.65. The molecule has 1 heterocycles. The van der Waals surface area contributed by atoms with Crippen LogP contribution in [0.15, 0.2) is 24.3 Å². The lowest BCUT2D eigenvalue weighted by Crippen LogP contribution is -2.55. The lowest BCUT2D eigenvalue weighted by molar-refractivity contribution is -0.128. The van der Waals surface area contributed by atoms with Gasteiger partial charge in [-0.3, -0.25) is 9.59 Å². The topological polar surface area (TPSA) is 94.5 Å². The molecule has 2 atom stereocenters. The first-order valence-electron chi connectivity index (χ1n) is 9.31. The fraction of sp³-hybridized carbons (Fsp3) is 0.550. The molecule has 1 aromatic carbocycles. The van der Waals surface area contributed by atoms with Crippen LogP contribution in [0, 0.1) is 17.2 Å². The van der Waals surface area contributed by atoms with Gasteiger partial charge in [-0.15, -0.1) is 0 Å². The fourth-order valence-corrected chi connectivity index (χ4v) is 2.76. The number of hydrogen-bond acceptors (Lipinski definition) is 5. The molecule has 1 aromatic rings. The summed E-state index contributed by atoms with van der Waals surface area (Å²) < 4.78 is 5.83. The maximum atomic E-state index is 12.6. The van der Waals surface area contributed by atoms with Gasteiger partial charge < -0.3 is 20.3 Å². The van der Waals surface area contributed by atoms with Crippen LogP contribution in [0.5, 0.6) is 5.75 Å². The summed E-state index contributed by atoms with van der Waals surface area (Å²) in [5, 5.41) is 15.1. The number of amides is 2. The van der Waals surface area contributed by atoms with Crippen molar-refractivity contribution in [2.24, 2.45) is 5.92 Å². The summed E-state index contributed by atoms with van der Waals surface area (Å²) in [5.74, 6) is 0.0778. The first-order chi connectivity index (χ1) is 12.8. The van der Waals surface area contributed by atoms with Gasteiger partial charge in [0.1, 0.15) is 11.3 Å². The van der Waals surface area contributed by atoms with Crippen molar-refractivity contribution in [1.29, 1.82) is 5.26 Å². The Labute approximate surface area is 160 Å². The summed E-state index contributed by atoms with van der Waals surface area (Å²) in [4.78, 5) is 26.8. The Hall–Kier alpha value is -2.75. The zero-order valence-electron chi connectivity index (χ0n) is 16.4. The quantitative estimate of drug-likeness (QED) is 0.761. The van der Waals surface area contributed by atoms with E-state index in [9.17, 15) is 14.9 Å². The third kappa shape index (κ3) is 4.91. The molecule has 2 amide bonds. The van der Waals surface area contributed by atoms with Crippen LogP contribution in [-0.4, -0.2) is 43.1 Å². The Kier molecular flexibility index (Phi) is 6.67. The second-order valence-corrected chi connectivity index (χ2v) is 7.26. The SMILES string of the molecule is CCCNC(=O)[C@@H]1CN(CC(=O)N[C@@](C)(C#N)C(C)C)c2ccccc2O1. The molecular weight excluding hydrogens is 344 g/mol. The molecule has 0 spiro atoms. The van der Waals surface area contributed by atoms with Crippen molar-refractivity contribution in [3.8, 4) is 11.8 Å². The molecule has 7 heteroatoms. The number of benzene rings is 1. The molecule has 0 saturated heterocycles. The smallest absolute Gasteiger partial charge is 0.262 e. The minimum Gasteiger partial charge on any atom is -0.477 e. The molecule has 0 aliphatic carbocycles. The summed E-state index contributed by atoms with van der Waals surface area (Å²) in [6.07, 6.45) is 0.148. The van der Waals surface area contributed by atoms with E-state index in [1.165, 1.54) is 0 Å². The number of carbonyl (C=O) groups excluding carboxylic acids is 2. The average molecular weight is 372 g/mol. The summed E-state index contributed by atoms with van der Waals surface area (Å²) >= 11 is 0. The Morgan fingerprint density at radius 3 is 2.74 bits per heavy atom. The van der Waals surface area contributed by atoms with Crippen molar-refractivity contribution in [3.05, 3.63) is 24.3 Å². The van der Waals surface area contributed by atoms with Crippen LogP contribution in [0.4, 0.5) is 5.69 Å². The maximum Gasteiger partial charge on any atom is 0.262 e. The lowest BCUT2D eigenvalue weighted by Gasteiger charge is -2.36. The van der Waals surface area contributed by atoms with Gasteiger partial charge in [-0.25, -0.2) is 0 Å². The van der Waals surface area contributed by atoms with Crippen molar-refractivity contribution in [2.75, 3.05) is 24.5 Å². The van der Waals surface area contributed by atoms with Gasteiger partial charge in [-0.2, -0.15) is 5.26 Å². The predicted molar refractivity (Wildman–Crippen MR) is 103 cm³/mol. The molecule has 0 radical (unpaired) electrons. The third-order valence-electron chi connectivity index (χ3n) is 4.82. The van der Waals surface area contributed by atoms with Gasteiger partial charge in [0.25, 0.3) is 5.91 Å². The number of carbonyl (C=O) groups is 2. The zero-order valence-corrected chi connectivity index (χ0v) is 16.4. The van der Waals surface area contributed by atoms with Gasteiger partial charge in [0.05, 0.1) is 24.8 Å². The molecule has 27 heavy (non-hydrogen) atoms. The Morgan fingerprint density at radius 1 is 1.41 bits per heavy atom. The van der Waals surface area contributed by atoms with Crippen LogP contribution in [0.3, 0.4) is 0 Å². The molecule has 1 aliphatic heterocycles. The van der Waals surface area contributed by atoms with E-state index in [0.717, 1.165) is 12.1 Å². The second-order valence-electron chi connectivity index (χ2n) is 7.26. The first-order valence-corrected chi connectivity index (χ1v) is 9.31. The number of nitriles is 1. The van der Waals surface area contributed by atoms with Crippen molar-refractivity contribution >= 4 is 17.5 Å². The van der Waals surface area contributed by atoms with E-state index >= 15 is 0 Å². The van der Waals surface area contributed by atoms with Crippen LogP contribution >= 0.6 is 0 Å². The Morgan fingerprint density at radius 2 is 2.11 bits per heavy atom. The molecule has 1 aliphatic rings. The van der Waals surface area contributed by atoms with Crippen molar-refractivity contribution < 1.29 is 14.3 Å². The standard InChI is InChI=1S/C20H28N4O3/c1-5-10-22-19(26)17-11-24(15-8-6-7-9-16(15)27-17)12-18(25)23-20(4,13-21)14(2)3/h6-9,14,17H,5,10-12H2,1-4H3,(H,22,26)(H,23,25)/t17-,20-/m0/s1. The third-order valence-corrected chi connectivity index (χ3v) is 4.82. The number of anilines is 1. The van der Waals surface area contributed by atoms with Crippen molar-refractivity contribution in [2.45, 2.75) is 45.8 Å². The van der Waals surface area contributed by atoms with Gasteiger partial charge in [0.2, 0.25) is 5.91 Å². The highest BCUT2D eigenvalue weighted by Crippen LogP contribution is 2.33. The van der Waals surface area contributed by atoms with Gasteiger partial charge in [-0.05, 0) is 31.4 Å². The van der Waals surface area contributed by atoms with E-state index in [-0.39, 0.29) is 30.8 Å². The molecule has 7 nitrogen and oxygen atoms in total.